The van der Waals surface area contributed by atoms with E-state index in [1.807, 2.05) is 18.2 Å². The Morgan fingerprint density at radius 1 is 1.14 bits per heavy atom. The van der Waals surface area contributed by atoms with E-state index in [1.165, 1.54) is 18.4 Å². The molecule has 1 nitrogen and oxygen atoms in total. The molecule has 1 N–H and O–H groups in total. The average Bonchev–Trinajstić information content (AvgIpc) is 2.20. The lowest BCUT2D eigenvalue weighted by atomic mass is 10.0. The molecule has 0 aliphatic carbocycles. The Labute approximate surface area is 86.8 Å². The molecule has 0 unspecified atom stereocenters. The van der Waals surface area contributed by atoms with Gasteiger partial charge < -0.3 is 5.11 Å². The lowest BCUT2D eigenvalue weighted by Crippen LogP contribution is -2.09. The smallest absolute Gasteiger partial charge is 0.0580 e. The van der Waals surface area contributed by atoms with Crippen LogP contribution in [0.3, 0.4) is 0 Å². The van der Waals surface area contributed by atoms with Gasteiger partial charge in [-0.25, -0.2) is 0 Å². The molecule has 0 heterocycles. The van der Waals surface area contributed by atoms with Gasteiger partial charge in [-0.05, 0) is 18.4 Å². The van der Waals surface area contributed by atoms with Crippen LogP contribution in [-0.4, -0.2) is 11.2 Å². The zero-order valence-corrected chi connectivity index (χ0v) is 8.95. The van der Waals surface area contributed by atoms with Crippen LogP contribution >= 0.6 is 0 Å². The molecule has 0 bridgehead atoms. The maximum Gasteiger partial charge on any atom is 0.0580 e. The first-order valence-electron chi connectivity index (χ1n) is 5.55. The number of hydrogen-bond donors (Lipinski definition) is 1. The van der Waals surface area contributed by atoms with Crippen LogP contribution in [-0.2, 0) is 6.42 Å². The average molecular weight is 192 g/mol. The number of aliphatic hydroxyl groups is 1. The van der Waals surface area contributed by atoms with E-state index in [1.54, 1.807) is 0 Å². The van der Waals surface area contributed by atoms with Crippen molar-refractivity contribution in [3.63, 3.8) is 0 Å². The summed E-state index contributed by atoms with van der Waals surface area (Å²) in [4.78, 5) is 0. The molecule has 1 rings (SSSR count). The fourth-order valence-corrected chi connectivity index (χ4v) is 1.62. The fourth-order valence-electron chi connectivity index (χ4n) is 1.62. The number of rotatable bonds is 6. The van der Waals surface area contributed by atoms with E-state index < -0.39 is 0 Å². The third-order valence-electron chi connectivity index (χ3n) is 2.46. The molecular weight excluding hydrogens is 172 g/mol. The highest BCUT2D eigenvalue weighted by Crippen LogP contribution is 2.09. The summed E-state index contributed by atoms with van der Waals surface area (Å²) < 4.78 is 0. The second kappa shape index (κ2) is 6.61. The minimum Gasteiger partial charge on any atom is -0.393 e. The maximum absolute atomic E-state index is 9.73. The Hall–Kier alpha value is -0.820. The van der Waals surface area contributed by atoms with Crippen LogP contribution in [0.25, 0.3) is 0 Å². The van der Waals surface area contributed by atoms with Gasteiger partial charge in [0.05, 0.1) is 6.10 Å². The summed E-state index contributed by atoms with van der Waals surface area (Å²) >= 11 is 0. The zero-order valence-electron chi connectivity index (χ0n) is 8.95. The minimum atomic E-state index is -0.163. The Bertz CT molecular complexity index is 230. The molecule has 0 saturated carbocycles. The van der Waals surface area contributed by atoms with Crippen LogP contribution in [0.4, 0.5) is 0 Å². The van der Waals surface area contributed by atoms with E-state index in [-0.39, 0.29) is 6.10 Å². The molecule has 1 aromatic carbocycles. The Balaban J connectivity index is 2.23. The van der Waals surface area contributed by atoms with Crippen molar-refractivity contribution in [2.45, 2.75) is 45.1 Å². The number of hydrogen-bond acceptors (Lipinski definition) is 1. The lowest BCUT2D eigenvalue weighted by molar-refractivity contribution is 0.161. The van der Waals surface area contributed by atoms with Gasteiger partial charge >= 0.3 is 0 Å². The van der Waals surface area contributed by atoms with Gasteiger partial charge in [-0.3, -0.25) is 0 Å². The van der Waals surface area contributed by atoms with Gasteiger partial charge in [0.1, 0.15) is 0 Å². The van der Waals surface area contributed by atoms with Crippen molar-refractivity contribution >= 4 is 0 Å². The quantitative estimate of drug-likeness (QED) is 0.686. The molecule has 0 amide bonds. The summed E-state index contributed by atoms with van der Waals surface area (Å²) in [6, 6.07) is 10.2. The van der Waals surface area contributed by atoms with E-state index in [0.717, 1.165) is 19.3 Å². The highest BCUT2D eigenvalue weighted by Gasteiger charge is 2.04. The summed E-state index contributed by atoms with van der Waals surface area (Å²) in [7, 11) is 0. The van der Waals surface area contributed by atoms with Crippen LogP contribution in [0.1, 0.15) is 38.2 Å². The van der Waals surface area contributed by atoms with Gasteiger partial charge in [0.25, 0.3) is 0 Å². The predicted molar refractivity (Wildman–Crippen MR) is 60.3 cm³/mol. The predicted octanol–water partition coefficient (Wildman–Crippen LogP) is 3.17. The molecule has 78 valence electrons. The van der Waals surface area contributed by atoms with Gasteiger partial charge in [-0.2, -0.15) is 0 Å². The second-order valence-electron chi connectivity index (χ2n) is 3.84. The van der Waals surface area contributed by atoms with E-state index >= 15 is 0 Å². The molecule has 0 aliphatic heterocycles. The van der Waals surface area contributed by atoms with Crippen LogP contribution in [0.15, 0.2) is 30.3 Å². The van der Waals surface area contributed by atoms with Crippen LogP contribution in [0, 0.1) is 0 Å². The van der Waals surface area contributed by atoms with Crippen LogP contribution in [0.2, 0.25) is 0 Å². The normalized spacial score (nSPS) is 12.7. The van der Waals surface area contributed by atoms with Gasteiger partial charge in [0.2, 0.25) is 0 Å². The summed E-state index contributed by atoms with van der Waals surface area (Å²) in [6.07, 6.45) is 5.16. The van der Waals surface area contributed by atoms with E-state index in [4.69, 9.17) is 0 Å². The molecule has 0 aromatic heterocycles. The Morgan fingerprint density at radius 2 is 1.86 bits per heavy atom. The van der Waals surface area contributed by atoms with E-state index in [2.05, 4.69) is 19.1 Å². The number of aliphatic hydroxyl groups excluding tert-OH is 1. The molecule has 0 fully saturated rings. The van der Waals surface area contributed by atoms with Gasteiger partial charge in [-0.15, -0.1) is 0 Å². The molecule has 0 saturated heterocycles. The minimum absolute atomic E-state index is 0.163. The Kier molecular flexibility index (Phi) is 5.31. The van der Waals surface area contributed by atoms with Crippen molar-refractivity contribution in [1.29, 1.82) is 0 Å². The second-order valence-corrected chi connectivity index (χ2v) is 3.84. The maximum atomic E-state index is 9.73. The van der Waals surface area contributed by atoms with Gasteiger partial charge in [0.15, 0.2) is 0 Å². The van der Waals surface area contributed by atoms with Crippen molar-refractivity contribution in [2.24, 2.45) is 0 Å². The third kappa shape index (κ3) is 4.43. The van der Waals surface area contributed by atoms with Crippen molar-refractivity contribution in [1.82, 2.24) is 0 Å². The first kappa shape index (κ1) is 11.3. The SMILES string of the molecule is CCCCC[C@@H](O)Cc1ccccc1. The molecule has 1 atom stereocenters. The molecule has 0 aliphatic rings. The van der Waals surface area contributed by atoms with Crippen molar-refractivity contribution in [3.05, 3.63) is 35.9 Å². The van der Waals surface area contributed by atoms with E-state index in [9.17, 15) is 5.11 Å². The molecule has 0 radical (unpaired) electrons. The van der Waals surface area contributed by atoms with Crippen LogP contribution < -0.4 is 0 Å². The molecule has 1 heteroatoms. The summed E-state index contributed by atoms with van der Waals surface area (Å²) in [5, 5.41) is 9.73. The lowest BCUT2D eigenvalue weighted by Gasteiger charge is -2.09. The first-order chi connectivity index (χ1) is 6.83. The summed E-state index contributed by atoms with van der Waals surface area (Å²) in [5.41, 5.74) is 1.23. The van der Waals surface area contributed by atoms with Crippen molar-refractivity contribution in [2.75, 3.05) is 0 Å². The third-order valence-corrected chi connectivity index (χ3v) is 2.46. The largest absolute Gasteiger partial charge is 0.393 e. The van der Waals surface area contributed by atoms with Gasteiger partial charge in [-0.1, -0.05) is 56.5 Å². The Morgan fingerprint density at radius 3 is 2.50 bits per heavy atom. The fraction of sp³-hybridized carbons (Fsp3) is 0.538. The van der Waals surface area contributed by atoms with Crippen molar-refractivity contribution < 1.29 is 5.11 Å². The summed E-state index contributed by atoms with van der Waals surface area (Å²) in [6.45, 7) is 2.18. The number of unbranched alkanes of at least 4 members (excludes halogenated alkanes) is 2. The molecule has 0 spiro atoms. The van der Waals surface area contributed by atoms with E-state index in [0.29, 0.717) is 0 Å². The topological polar surface area (TPSA) is 20.2 Å². The first-order valence-corrected chi connectivity index (χ1v) is 5.55. The zero-order chi connectivity index (χ0) is 10.2. The summed E-state index contributed by atoms with van der Waals surface area (Å²) in [5.74, 6) is 0. The van der Waals surface area contributed by atoms with Crippen molar-refractivity contribution in [3.8, 4) is 0 Å². The van der Waals surface area contributed by atoms with Gasteiger partial charge in [0, 0.05) is 0 Å². The highest BCUT2D eigenvalue weighted by molar-refractivity contribution is 5.15. The molecular formula is C13H20O. The monoisotopic (exact) mass is 192 g/mol. The molecule has 1 aromatic rings. The number of benzene rings is 1. The molecule has 14 heavy (non-hydrogen) atoms. The highest BCUT2D eigenvalue weighted by atomic mass is 16.3. The standard InChI is InChI=1S/C13H20O/c1-2-3-5-10-13(14)11-12-8-6-4-7-9-12/h4,6-9,13-14H,2-3,5,10-11H2,1H3/t13-/m1/s1. The van der Waals surface area contributed by atoms with Crippen LogP contribution in [0.5, 0.6) is 0 Å².